The zero-order valence-electron chi connectivity index (χ0n) is 9.95. The molecule has 1 rings (SSSR count). The number of likely N-dealkylation sites (tertiary alicyclic amines) is 1. The van der Waals surface area contributed by atoms with Crippen LogP contribution in [-0.2, 0) is 9.59 Å². The molecule has 0 aliphatic carbocycles. The highest BCUT2D eigenvalue weighted by Crippen LogP contribution is 2.24. The molecule has 0 bridgehead atoms. The van der Waals surface area contributed by atoms with E-state index in [2.05, 4.69) is 0 Å². The van der Waals surface area contributed by atoms with Crippen molar-refractivity contribution in [1.82, 2.24) is 4.90 Å². The van der Waals surface area contributed by atoms with Gasteiger partial charge in [0.2, 0.25) is 11.8 Å². The van der Waals surface area contributed by atoms with Crippen LogP contribution in [0.2, 0.25) is 0 Å². The van der Waals surface area contributed by atoms with Crippen molar-refractivity contribution < 1.29 is 9.59 Å². The lowest BCUT2D eigenvalue weighted by Crippen LogP contribution is -2.37. The Morgan fingerprint density at radius 2 is 2.12 bits per heavy atom. The minimum Gasteiger partial charge on any atom is -0.393 e. The smallest absolute Gasteiger partial charge is 0.232 e. The van der Waals surface area contributed by atoms with E-state index in [0.717, 1.165) is 0 Å². The summed E-state index contributed by atoms with van der Waals surface area (Å²) in [7, 11) is 0. The highest BCUT2D eigenvalue weighted by molar-refractivity contribution is 7.80. The zero-order valence-corrected chi connectivity index (χ0v) is 10.8. The maximum absolute atomic E-state index is 11.6. The van der Waals surface area contributed by atoms with Crippen LogP contribution in [0.4, 0.5) is 0 Å². The normalized spacial score (nSPS) is 21.7. The Bertz CT molecular complexity index is 339. The van der Waals surface area contributed by atoms with E-state index in [0.29, 0.717) is 24.4 Å². The summed E-state index contributed by atoms with van der Waals surface area (Å²) >= 11 is 4.94. The molecule has 0 radical (unpaired) electrons. The average Bonchev–Trinajstić information content (AvgIpc) is 2.39. The summed E-state index contributed by atoms with van der Waals surface area (Å²) in [4.78, 5) is 24.9. The number of rotatable bonds is 4. The van der Waals surface area contributed by atoms with Gasteiger partial charge in [0.05, 0.1) is 4.99 Å². The summed E-state index contributed by atoms with van der Waals surface area (Å²) in [6.07, 6.45) is 0.943. The molecule has 1 saturated heterocycles. The number of amides is 2. The molecule has 0 aromatic heterocycles. The third-order valence-electron chi connectivity index (χ3n) is 3.10. The van der Waals surface area contributed by atoms with Gasteiger partial charge in [-0.1, -0.05) is 33.0 Å². The van der Waals surface area contributed by atoms with Gasteiger partial charge in [-0.25, -0.2) is 0 Å². The van der Waals surface area contributed by atoms with Crippen LogP contribution in [0.5, 0.6) is 0 Å². The average molecular weight is 242 g/mol. The Morgan fingerprint density at radius 3 is 2.50 bits per heavy atom. The first kappa shape index (κ1) is 13.1. The van der Waals surface area contributed by atoms with Gasteiger partial charge in [0, 0.05) is 24.3 Å². The summed E-state index contributed by atoms with van der Waals surface area (Å²) in [5.41, 5.74) is 5.28. The number of nitrogens with zero attached hydrogens (tertiary/aromatic N) is 1. The minimum absolute atomic E-state index is 0.0799. The van der Waals surface area contributed by atoms with Gasteiger partial charge in [0.15, 0.2) is 0 Å². The number of hydrogen-bond donors (Lipinski definition) is 1. The summed E-state index contributed by atoms with van der Waals surface area (Å²) < 4.78 is 0. The molecule has 1 heterocycles. The van der Waals surface area contributed by atoms with Crippen LogP contribution in [0.25, 0.3) is 0 Å². The highest BCUT2D eigenvalue weighted by Gasteiger charge is 2.36. The fourth-order valence-electron chi connectivity index (χ4n) is 1.60. The lowest BCUT2D eigenvalue weighted by atomic mass is 9.89. The summed E-state index contributed by atoms with van der Waals surface area (Å²) in [5, 5.41) is 0. The van der Waals surface area contributed by atoms with Gasteiger partial charge in [0.1, 0.15) is 0 Å². The van der Waals surface area contributed by atoms with Crippen LogP contribution in [-0.4, -0.2) is 28.2 Å². The Morgan fingerprint density at radius 1 is 1.56 bits per heavy atom. The van der Waals surface area contributed by atoms with Crippen LogP contribution in [0.15, 0.2) is 0 Å². The van der Waals surface area contributed by atoms with Crippen molar-refractivity contribution in [2.24, 2.45) is 17.1 Å². The SMILES string of the molecule is CC1CC(=O)N(CCC(C)(C)C(N)=S)C1=O. The van der Waals surface area contributed by atoms with Crippen LogP contribution in [0, 0.1) is 11.3 Å². The van der Waals surface area contributed by atoms with E-state index in [1.165, 1.54) is 4.90 Å². The van der Waals surface area contributed by atoms with E-state index in [1.54, 1.807) is 6.92 Å². The first-order valence-corrected chi connectivity index (χ1v) is 5.80. The zero-order chi connectivity index (χ0) is 12.5. The second kappa shape index (κ2) is 4.49. The Labute approximate surface area is 101 Å². The molecular formula is C11H18N2O2S. The summed E-state index contributed by atoms with van der Waals surface area (Å²) in [6, 6.07) is 0. The second-order valence-electron chi connectivity index (χ2n) is 4.99. The molecule has 1 aliphatic heterocycles. The third kappa shape index (κ3) is 2.58. The van der Waals surface area contributed by atoms with Crippen LogP contribution >= 0.6 is 12.2 Å². The van der Waals surface area contributed by atoms with Gasteiger partial charge >= 0.3 is 0 Å². The number of imide groups is 1. The predicted molar refractivity (Wildman–Crippen MR) is 65.7 cm³/mol. The van der Waals surface area contributed by atoms with Crippen molar-refractivity contribution in [2.45, 2.75) is 33.6 Å². The molecule has 0 aromatic carbocycles. The number of hydrogen-bond acceptors (Lipinski definition) is 3. The highest BCUT2D eigenvalue weighted by atomic mass is 32.1. The number of nitrogens with two attached hydrogens (primary N) is 1. The monoisotopic (exact) mass is 242 g/mol. The molecule has 1 unspecified atom stereocenters. The van der Waals surface area contributed by atoms with E-state index in [4.69, 9.17) is 18.0 Å². The van der Waals surface area contributed by atoms with Gasteiger partial charge in [0.25, 0.3) is 0 Å². The Hall–Kier alpha value is -0.970. The largest absolute Gasteiger partial charge is 0.393 e. The molecule has 4 nitrogen and oxygen atoms in total. The van der Waals surface area contributed by atoms with E-state index >= 15 is 0 Å². The molecule has 0 aromatic rings. The van der Waals surface area contributed by atoms with Crippen molar-refractivity contribution >= 4 is 29.0 Å². The van der Waals surface area contributed by atoms with Gasteiger partial charge in [-0.05, 0) is 6.42 Å². The first-order chi connectivity index (χ1) is 7.25. The van der Waals surface area contributed by atoms with E-state index in [-0.39, 0.29) is 23.1 Å². The number of carbonyl (C=O) groups is 2. The molecule has 1 atom stereocenters. The van der Waals surface area contributed by atoms with Gasteiger partial charge in [-0.3, -0.25) is 14.5 Å². The van der Waals surface area contributed by atoms with Gasteiger partial charge in [-0.15, -0.1) is 0 Å². The number of carbonyl (C=O) groups excluding carboxylic acids is 2. The molecule has 0 spiro atoms. The first-order valence-electron chi connectivity index (χ1n) is 5.40. The van der Waals surface area contributed by atoms with Crippen molar-refractivity contribution in [1.29, 1.82) is 0 Å². The fourth-order valence-corrected chi connectivity index (χ4v) is 1.70. The summed E-state index contributed by atoms with van der Waals surface area (Å²) in [5.74, 6) is -0.347. The molecule has 90 valence electrons. The Balaban J connectivity index is 2.60. The third-order valence-corrected chi connectivity index (χ3v) is 3.65. The van der Waals surface area contributed by atoms with Crippen molar-refractivity contribution in [3.8, 4) is 0 Å². The van der Waals surface area contributed by atoms with Crippen molar-refractivity contribution in [2.75, 3.05) is 6.54 Å². The Kier molecular flexibility index (Phi) is 3.68. The molecule has 16 heavy (non-hydrogen) atoms. The summed E-state index contributed by atoms with van der Waals surface area (Å²) in [6.45, 7) is 6.03. The van der Waals surface area contributed by atoms with Gasteiger partial charge in [-0.2, -0.15) is 0 Å². The molecule has 2 amide bonds. The standard InChI is InChI=1S/C11H18N2O2S/c1-7-6-8(14)13(9(7)15)5-4-11(2,3)10(12)16/h7H,4-6H2,1-3H3,(H2,12,16). The van der Waals surface area contributed by atoms with Crippen LogP contribution < -0.4 is 5.73 Å². The minimum atomic E-state index is -0.318. The van der Waals surface area contributed by atoms with E-state index < -0.39 is 0 Å². The molecular weight excluding hydrogens is 224 g/mol. The lowest BCUT2D eigenvalue weighted by molar-refractivity contribution is -0.139. The van der Waals surface area contributed by atoms with Crippen LogP contribution in [0.3, 0.4) is 0 Å². The quantitative estimate of drug-likeness (QED) is 0.592. The molecule has 1 aliphatic rings. The van der Waals surface area contributed by atoms with Crippen molar-refractivity contribution in [3.63, 3.8) is 0 Å². The van der Waals surface area contributed by atoms with E-state index in [9.17, 15) is 9.59 Å². The fraction of sp³-hybridized carbons (Fsp3) is 0.727. The maximum Gasteiger partial charge on any atom is 0.232 e. The van der Waals surface area contributed by atoms with Crippen molar-refractivity contribution in [3.05, 3.63) is 0 Å². The second-order valence-corrected chi connectivity index (χ2v) is 5.43. The molecule has 2 N–H and O–H groups in total. The molecule has 1 fully saturated rings. The van der Waals surface area contributed by atoms with E-state index in [1.807, 2.05) is 13.8 Å². The molecule has 5 heteroatoms. The molecule has 0 saturated carbocycles. The van der Waals surface area contributed by atoms with Crippen LogP contribution in [0.1, 0.15) is 33.6 Å². The topological polar surface area (TPSA) is 63.4 Å². The maximum atomic E-state index is 11.6. The number of thiocarbonyl (C=S) groups is 1. The lowest BCUT2D eigenvalue weighted by Gasteiger charge is -2.25. The predicted octanol–water partition coefficient (Wildman–Crippen LogP) is 1.08. The van der Waals surface area contributed by atoms with Gasteiger partial charge < -0.3 is 5.73 Å².